The lowest BCUT2D eigenvalue weighted by Gasteiger charge is -2.34. The second-order valence-corrected chi connectivity index (χ2v) is 7.88. The SMILES string of the molecule is Cc1cc(Cl)ccc1OCC(=O)N1CCN(Cc2ccc3c(N)ncnc3c2)C(=O)C1. The number of nitrogens with two attached hydrogens (primary N) is 1. The van der Waals surface area contributed by atoms with E-state index in [4.69, 9.17) is 22.1 Å². The highest BCUT2D eigenvalue weighted by atomic mass is 35.5. The second-order valence-electron chi connectivity index (χ2n) is 7.44. The molecule has 2 aromatic carbocycles. The van der Waals surface area contributed by atoms with Crippen molar-refractivity contribution in [2.45, 2.75) is 13.5 Å². The quantitative estimate of drug-likeness (QED) is 0.655. The molecule has 9 heteroatoms. The molecular weight excluding hydrogens is 418 g/mol. The van der Waals surface area contributed by atoms with Crippen LogP contribution in [0.2, 0.25) is 5.02 Å². The number of amides is 2. The van der Waals surface area contributed by atoms with Crippen molar-refractivity contribution in [2.24, 2.45) is 0 Å². The molecule has 0 atom stereocenters. The van der Waals surface area contributed by atoms with Crippen molar-refractivity contribution in [2.75, 3.05) is 32.0 Å². The van der Waals surface area contributed by atoms with Crippen LogP contribution in [0.1, 0.15) is 11.1 Å². The molecule has 1 fully saturated rings. The fourth-order valence-electron chi connectivity index (χ4n) is 3.54. The van der Waals surface area contributed by atoms with Gasteiger partial charge in [-0.3, -0.25) is 9.59 Å². The van der Waals surface area contributed by atoms with Gasteiger partial charge in [0, 0.05) is 30.0 Å². The van der Waals surface area contributed by atoms with Crippen molar-refractivity contribution < 1.29 is 14.3 Å². The minimum atomic E-state index is -0.222. The topological polar surface area (TPSA) is 102 Å². The number of halogens is 1. The van der Waals surface area contributed by atoms with Gasteiger partial charge in [-0.25, -0.2) is 9.97 Å². The minimum absolute atomic E-state index is 0.0322. The van der Waals surface area contributed by atoms with E-state index in [1.165, 1.54) is 11.2 Å². The number of benzene rings is 2. The van der Waals surface area contributed by atoms with Crippen molar-refractivity contribution in [3.63, 3.8) is 0 Å². The fraction of sp³-hybridized carbons (Fsp3) is 0.273. The molecule has 0 bridgehead atoms. The lowest BCUT2D eigenvalue weighted by molar-refractivity contribution is -0.146. The summed E-state index contributed by atoms with van der Waals surface area (Å²) in [6, 6.07) is 10.9. The Morgan fingerprint density at radius 3 is 2.81 bits per heavy atom. The summed E-state index contributed by atoms with van der Waals surface area (Å²) in [5, 5.41) is 1.39. The van der Waals surface area contributed by atoms with Gasteiger partial charge >= 0.3 is 0 Å². The zero-order chi connectivity index (χ0) is 22.0. The van der Waals surface area contributed by atoms with Crippen molar-refractivity contribution in [3.05, 3.63) is 58.9 Å². The van der Waals surface area contributed by atoms with Crippen LogP contribution in [0.4, 0.5) is 5.82 Å². The molecule has 0 radical (unpaired) electrons. The summed E-state index contributed by atoms with van der Waals surface area (Å²) in [6.45, 7) is 3.12. The molecule has 2 heterocycles. The lowest BCUT2D eigenvalue weighted by Crippen LogP contribution is -2.52. The van der Waals surface area contributed by atoms with Gasteiger partial charge in [0.1, 0.15) is 17.9 Å². The van der Waals surface area contributed by atoms with E-state index in [0.717, 1.165) is 22.0 Å². The highest BCUT2D eigenvalue weighted by molar-refractivity contribution is 6.30. The third-order valence-electron chi connectivity index (χ3n) is 5.26. The van der Waals surface area contributed by atoms with Gasteiger partial charge < -0.3 is 20.3 Å². The Labute approximate surface area is 184 Å². The Hall–Kier alpha value is -3.39. The van der Waals surface area contributed by atoms with Crippen LogP contribution in [0.3, 0.4) is 0 Å². The standard InChI is InChI=1S/C22H22ClN5O3/c1-14-8-16(23)3-5-19(14)31-12-21(30)28-7-6-27(20(29)11-28)10-15-2-4-17-18(9-15)25-13-26-22(17)24/h2-5,8-9,13H,6-7,10-12H2,1H3,(H2,24,25,26). The van der Waals surface area contributed by atoms with Crippen molar-refractivity contribution in [3.8, 4) is 5.75 Å². The first-order valence-corrected chi connectivity index (χ1v) is 10.2. The molecule has 0 saturated carbocycles. The first-order chi connectivity index (χ1) is 14.9. The summed E-state index contributed by atoms with van der Waals surface area (Å²) in [6.07, 6.45) is 1.42. The summed E-state index contributed by atoms with van der Waals surface area (Å²) in [4.78, 5) is 36.6. The van der Waals surface area contributed by atoms with Crippen molar-refractivity contribution in [1.82, 2.24) is 19.8 Å². The number of ether oxygens (including phenoxy) is 1. The normalized spacial score (nSPS) is 14.2. The van der Waals surface area contributed by atoms with Gasteiger partial charge in [-0.15, -0.1) is 0 Å². The number of aryl methyl sites for hydroxylation is 1. The largest absolute Gasteiger partial charge is 0.483 e. The third-order valence-corrected chi connectivity index (χ3v) is 5.50. The number of hydrogen-bond acceptors (Lipinski definition) is 6. The number of nitrogens with zero attached hydrogens (tertiary/aromatic N) is 4. The summed E-state index contributed by atoms with van der Waals surface area (Å²) >= 11 is 5.94. The summed E-state index contributed by atoms with van der Waals surface area (Å²) in [7, 11) is 0. The van der Waals surface area contributed by atoms with E-state index in [0.29, 0.717) is 36.2 Å². The van der Waals surface area contributed by atoms with Gasteiger partial charge in [0.15, 0.2) is 6.61 Å². The van der Waals surface area contributed by atoms with Crippen LogP contribution in [0, 0.1) is 6.92 Å². The number of piperazine rings is 1. The first-order valence-electron chi connectivity index (χ1n) is 9.84. The van der Waals surface area contributed by atoms with Crippen molar-refractivity contribution >= 4 is 40.1 Å². The minimum Gasteiger partial charge on any atom is -0.483 e. The molecule has 4 rings (SSSR count). The highest BCUT2D eigenvalue weighted by Crippen LogP contribution is 2.22. The van der Waals surface area contributed by atoms with Gasteiger partial charge in [-0.2, -0.15) is 0 Å². The first kappa shape index (κ1) is 20.9. The molecule has 160 valence electrons. The van der Waals surface area contributed by atoms with E-state index in [1.54, 1.807) is 23.1 Å². The average Bonchev–Trinajstić information content (AvgIpc) is 2.74. The van der Waals surface area contributed by atoms with E-state index >= 15 is 0 Å². The zero-order valence-corrected chi connectivity index (χ0v) is 17.8. The van der Waals surface area contributed by atoms with Gasteiger partial charge in [-0.1, -0.05) is 17.7 Å². The Kier molecular flexibility index (Phi) is 5.90. The fourth-order valence-corrected chi connectivity index (χ4v) is 3.76. The van der Waals surface area contributed by atoms with Crippen LogP contribution in [0.15, 0.2) is 42.7 Å². The van der Waals surface area contributed by atoms with Crippen LogP contribution in [-0.2, 0) is 16.1 Å². The van der Waals surface area contributed by atoms with Crippen LogP contribution in [0.25, 0.3) is 10.9 Å². The predicted molar refractivity (Wildman–Crippen MR) is 118 cm³/mol. The smallest absolute Gasteiger partial charge is 0.261 e. The maximum absolute atomic E-state index is 12.6. The number of rotatable bonds is 5. The van der Waals surface area contributed by atoms with E-state index in [-0.39, 0.29) is 25.0 Å². The molecule has 1 saturated heterocycles. The van der Waals surface area contributed by atoms with Crippen molar-refractivity contribution in [1.29, 1.82) is 0 Å². The molecule has 1 aliphatic rings. The highest BCUT2D eigenvalue weighted by Gasteiger charge is 2.27. The monoisotopic (exact) mass is 439 g/mol. The molecule has 3 aromatic rings. The Morgan fingerprint density at radius 2 is 2.03 bits per heavy atom. The molecule has 2 amide bonds. The van der Waals surface area contributed by atoms with Gasteiger partial charge in [0.25, 0.3) is 5.91 Å². The molecule has 0 aliphatic carbocycles. The van der Waals surface area contributed by atoms with Gasteiger partial charge in [-0.05, 0) is 48.4 Å². The molecule has 2 N–H and O–H groups in total. The number of nitrogen functional groups attached to an aromatic ring is 1. The Bertz CT molecular complexity index is 1150. The third kappa shape index (κ3) is 4.69. The summed E-state index contributed by atoms with van der Waals surface area (Å²) < 4.78 is 5.62. The van der Waals surface area contributed by atoms with E-state index < -0.39 is 0 Å². The molecule has 0 unspecified atom stereocenters. The maximum Gasteiger partial charge on any atom is 0.261 e. The number of hydrogen-bond donors (Lipinski definition) is 1. The van der Waals surface area contributed by atoms with Crippen LogP contribution < -0.4 is 10.5 Å². The molecule has 1 aromatic heterocycles. The number of carbonyl (C=O) groups is 2. The van der Waals surface area contributed by atoms with Gasteiger partial charge in [0.2, 0.25) is 5.91 Å². The van der Waals surface area contributed by atoms with Gasteiger partial charge in [0.05, 0.1) is 12.1 Å². The molecule has 0 spiro atoms. The second kappa shape index (κ2) is 8.77. The Balaban J connectivity index is 1.34. The average molecular weight is 440 g/mol. The van der Waals surface area contributed by atoms with Crippen LogP contribution >= 0.6 is 11.6 Å². The number of fused-ring (bicyclic) bond motifs is 1. The van der Waals surface area contributed by atoms with Crippen LogP contribution in [-0.4, -0.2) is 57.8 Å². The molecular formula is C22H22ClN5O3. The predicted octanol–water partition coefficient (Wildman–Crippen LogP) is 2.42. The molecule has 1 aliphatic heterocycles. The number of anilines is 1. The maximum atomic E-state index is 12.6. The summed E-state index contributed by atoms with van der Waals surface area (Å²) in [5.41, 5.74) is 8.40. The number of carbonyl (C=O) groups excluding carboxylic acids is 2. The number of aromatic nitrogens is 2. The van der Waals surface area contributed by atoms with Crippen LogP contribution in [0.5, 0.6) is 5.75 Å². The van der Waals surface area contributed by atoms with E-state index in [1.807, 2.05) is 25.1 Å². The lowest BCUT2D eigenvalue weighted by atomic mass is 10.1. The van der Waals surface area contributed by atoms with E-state index in [2.05, 4.69) is 9.97 Å². The molecule has 8 nitrogen and oxygen atoms in total. The van der Waals surface area contributed by atoms with E-state index in [9.17, 15) is 9.59 Å². The summed E-state index contributed by atoms with van der Waals surface area (Å²) in [5.74, 6) is 0.698. The molecule has 31 heavy (non-hydrogen) atoms. The Morgan fingerprint density at radius 1 is 1.19 bits per heavy atom. The zero-order valence-electron chi connectivity index (χ0n) is 17.0.